The number of carbonyl (C=O) groups is 1. The number of rotatable bonds is 3. The minimum atomic E-state index is -0.176. The quantitative estimate of drug-likeness (QED) is 0.381. The predicted molar refractivity (Wildman–Crippen MR) is 125 cm³/mol. The number of hydrogen-bond donors (Lipinski definition) is 0. The lowest BCUT2D eigenvalue weighted by molar-refractivity contribution is -0.113. The highest BCUT2D eigenvalue weighted by Gasteiger charge is 2.34. The van der Waals surface area contributed by atoms with Crippen molar-refractivity contribution in [2.45, 2.75) is 0 Å². The summed E-state index contributed by atoms with van der Waals surface area (Å²) in [5.74, 6) is -0.176. The van der Waals surface area contributed by atoms with Gasteiger partial charge in [0, 0.05) is 15.1 Å². The van der Waals surface area contributed by atoms with Crippen LogP contribution >= 0.6 is 46.6 Å². The molecular formula is C22H13Cl3N2OS. The Balaban J connectivity index is 1.78. The van der Waals surface area contributed by atoms with Crippen molar-refractivity contribution >= 4 is 75.1 Å². The van der Waals surface area contributed by atoms with Gasteiger partial charge in [-0.3, -0.25) is 9.69 Å². The molecule has 1 aliphatic heterocycles. The van der Waals surface area contributed by atoms with Gasteiger partial charge in [0.25, 0.3) is 5.91 Å². The summed E-state index contributed by atoms with van der Waals surface area (Å²) >= 11 is 19.5. The van der Waals surface area contributed by atoms with Gasteiger partial charge in [-0.05, 0) is 78.0 Å². The molecule has 3 nitrogen and oxygen atoms in total. The zero-order chi connectivity index (χ0) is 20.4. The molecule has 3 aromatic rings. The lowest BCUT2D eigenvalue weighted by Gasteiger charge is -2.15. The number of amides is 1. The molecule has 0 atom stereocenters. The summed E-state index contributed by atoms with van der Waals surface area (Å²) < 4.78 is 0. The van der Waals surface area contributed by atoms with Gasteiger partial charge >= 0.3 is 0 Å². The van der Waals surface area contributed by atoms with E-state index in [1.165, 1.54) is 11.8 Å². The van der Waals surface area contributed by atoms with E-state index in [2.05, 4.69) is 4.99 Å². The van der Waals surface area contributed by atoms with E-state index in [-0.39, 0.29) is 5.91 Å². The molecule has 3 aromatic carbocycles. The average Bonchev–Trinajstić information content (AvgIpc) is 3.01. The Morgan fingerprint density at radius 1 is 0.828 bits per heavy atom. The molecule has 144 valence electrons. The maximum Gasteiger partial charge on any atom is 0.271 e. The van der Waals surface area contributed by atoms with Gasteiger partial charge in [-0.25, -0.2) is 4.99 Å². The number of aliphatic imine (C=N–C) groups is 1. The van der Waals surface area contributed by atoms with Gasteiger partial charge in [-0.15, -0.1) is 0 Å². The summed E-state index contributed by atoms with van der Waals surface area (Å²) in [6.07, 6.45) is 1.78. The van der Waals surface area contributed by atoms with Crippen molar-refractivity contribution in [1.82, 2.24) is 0 Å². The maximum absolute atomic E-state index is 13.2. The molecule has 7 heteroatoms. The molecule has 1 saturated heterocycles. The zero-order valence-electron chi connectivity index (χ0n) is 14.9. The molecular weight excluding hydrogens is 447 g/mol. The van der Waals surface area contributed by atoms with Crippen LogP contribution in [0.4, 0.5) is 11.4 Å². The molecule has 0 radical (unpaired) electrons. The highest BCUT2D eigenvalue weighted by Crippen LogP contribution is 2.38. The van der Waals surface area contributed by atoms with E-state index in [4.69, 9.17) is 34.8 Å². The van der Waals surface area contributed by atoms with Gasteiger partial charge in [0.15, 0.2) is 5.17 Å². The van der Waals surface area contributed by atoms with E-state index >= 15 is 0 Å². The van der Waals surface area contributed by atoms with Crippen LogP contribution in [0.1, 0.15) is 5.56 Å². The summed E-state index contributed by atoms with van der Waals surface area (Å²) in [6.45, 7) is 0. The largest absolute Gasteiger partial charge is 0.271 e. The summed E-state index contributed by atoms with van der Waals surface area (Å²) in [6, 6.07) is 21.6. The fourth-order valence-corrected chi connectivity index (χ4v) is 4.16. The van der Waals surface area contributed by atoms with Crippen LogP contribution in [0.5, 0.6) is 0 Å². The fraction of sp³-hybridized carbons (Fsp3) is 0. The smallest absolute Gasteiger partial charge is 0.268 e. The normalized spacial score (nSPS) is 16.8. The minimum Gasteiger partial charge on any atom is -0.268 e. The number of thioether (sulfide) groups is 1. The van der Waals surface area contributed by atoms with Crippen molar-refractivity contribution in [2.75, 3.05) is 4.90 Å². The number of amidine groups is 1. The highest BCUT2D eigenvalue weighted by atomic mass is 35.5. The van der Waals surface area contributed by atoms with Crippen molar-refractivity contribution in [2.24, 2.45) is 4.99 Å². The Labute approximate surface area is 187 Å². The third kappa shape index (κ3) is 4.51. The van der Waals surface area contributed by atoms with Gasteiger partial charge in [0.2, 0.25) is 0 Å². The van der Waals surface area contributed by atoms with Crippen LogP contribution in [0.2, 0.25) is 15.1 Å². The van der Waals surface area contributed by atoms with E-state index in [1.807, 2.05) is 18.2 Å². The van der Waals surface area contributed by atoms with Crippen LogP contribution in [-0.4, -0.2) is 11.1 Å². The number of anilines is 1. The number of carbonyl (C=O) groups excluding carboxylic acids is 1. The third-order valence-electron chi connectivity index (χ3n) is 4.13. The summed E-state index contributed by atoms with van der Waals surface area (Å²) in [5.41, 5.74) is 2.15. The van der Waals surface area contributed by atoms with Crippen LogP contribution in [-0.2, 0) is 4.79 Å². The van der Waals surface area contributed by atoms with Gasteiger partial charge in [-0.2, -0.15) is 0 Å². The SMILES string of the molecule is O=C1/C(=C/c2ccccc2Cl)SC(=Nc2ccc(Cl)cc2)N1c1ccc(Cl)cc1. The molecule has 0 spiro atoms. The Bertz CT molecular complexity index is 1130. The molecule has 29 heavy (non-hydrogen) atoms. The monoisotopic (exact) mass is 458 g/mol. The first-order valence-corrected chi connectivity index (χ1v) is 10.5. The second-order valence-corrected chi connectivity index (χ2v) is 8.41. The van der Waals surface area contributed by atoms with Crippen LogP contribution in [0.15, 0.2) is 82.7 Å². The third-order valence-corrected chi connectivity index (χ3v) is 5.95. The number of benzene rings is 3. The predicted octanol–water partition coefficient (Wildman–Crippen LogP) is 7.46. The molecule has 0 bridgehead atoms. The molecule has 1 aliphatic rings. The van der Waals surface area contributed by atoms with Crippen molar-refractivity contribution in [3.05, 3.63) is 98.3 Å². The van der Waals surface area contributed by atoms with Gasteiger partial charge in [0.05, 0.1) is 16.3 Å². The molecule has 1 heterocycles. The minimum absolute atomic E-state index is 0.176. The van der Waals surface area contributed by atoms with E-state index in [0.29, 0.717) is 36.5 Å². The molecule has 0 saturated carbocycles. The van der Waals surface area contributed by atoms with Crippen molar-refractivity contribution < 1.29 is 4.79 Å². The second-order valence-electron chi connectivity index (χ2n) is 6.12. The number of hydrogen-bond acceptors (Lipinski definition) is 3. The number of nitrogens with zero attached hydrogens (tertiary/aromatic N) is 2. The Kier molecular flexibility index (Phi) is 5.97. The first-order chi connectivity index (χ1) is 14.0. The standard InChI is InChI=1S/C22H13Cl3N2OS/c23-15-5-9-17(10-6-15)26-22-27(18-11-7-16(24)8-12-18)21(28)20(29-22)13-14-3-1-2-4-19(14)25/h1-13H/b20-13-,26-22?. The topological polar surface area (TPSA) is 32.7 Å². The van der Waals surface area contributed by atoms with E-state index < -0.39 is 0 Å². The molecule has 0 aliphatic carbocycles. The average molecular weight is 460 g/mol. The van der Waals surface area contributed by atoms with Crippen LogP contribution < -0.4 is 4.90 Å². The van der Waals surface area contributed by atoms with Gasteiger partial charge < -0.3 is 0 Å². The van der Waals surface area contributed by atoms with E-state index in [1.54, 1.807) is 65.6 Å². The Morgan fingerprint density at radius 2 is 1.45 bits per heavy atom. The van der Waals surface area contributed by atoms with Crippen LogP contribution in [0, 0.1) is 0 Å². The molecule has 0 N–H and O–H groups in total. The lowest BCUT2D eigenvalue weighted by Crippen LogP contribution is -2.28. The van der Waals surface area contributed by atoms with Gasteiger partial charge in [-0.1, -0.05) is 53.0 Å². The molecule has 0 unspecified atom stereocenters. The maximum atomic E-state index is 13.2. The van der Waals surface area contributed by atoms with Crippen molar-refractivity contribution in [3.8, 4) is 0 Å². The molecule has 1 fully saturated rings. The lowest BCUT2D eigenvalue weighted by atomic mass is 10.2. The molecule has 1 amide bonds. The Hall–Kier alpha value is -2.24. The van der Waals surface area contributed by atoms with Gasteiger partial charge in [0.1, 0.15) is 0 Å². The summed E-state index contributed by atoms with van der Waals surface area (Å²) in [7, 11) is 0. The van der Waals surface area contributed by atoms with E-state index in [0.717, 1.165) is 5.56 Å². The first kappa shape index (κ1) is 20.0. The van der Waals surface area contributed by atoms with Crippen molar-refractivity contribution in [1.29, 1.82) is 0 Å². The van der Waals surface area contributed by atoms with E-state index in [9.17, 15) is 4.79 Å². The summed E-state index contributed by atoms with van der Waals surface area (Å²) in [5, 5.41) is 2.33. The molecule has 0 aromatic heterocycles. The summed E-state index contributed by atoms with van der Waals surface area (Å²) in [4.78, 5) is 20.0. The first-order valence-electron chi connectivity index (χ1n) is 8.59. The zero-order valence-corrected chi connectivity index (χ0v) is 17.9. The Morgan fingerprint density at radius 3 is 2.10 bits per heavy atom. The number of halogens is 3. The molecule has 4 rings (SSSR count). The second kappa shape index (κ2) is 8.64. The fourth-order valence-electron chi connectivity index (χ4n) is 2.73. The highest BCUT2D eigenvalue weighted by molar-refractivity contribution is 8.19. The van der Waals surface area contributed by atoms with Crippen LogP contribution in [0.3, 0.4) is 0 Å². The van der Waals surface area contributed by atoms with Crippen molar-refractivity contribution in [3.63, 3.8) is 0 Å². The van der Waals surface area contributed by atoms with Crippen LogP contribution in [0.25, 0.3) is 6.08 Å².